The van der Waals surface area contributed by atoms with Gasteiger partial charge in [-0.2, -0.15) is 11.3 Å². The molecule has 2 aliphatic carbocycles. The van der Waals surface area contributed by atoms with Crippen LogP contribution in [0.2, 0.25) is 0 Å². The van der Waals surface area contributed by atoms with Crippen molar-refractivity contribution < 1.29 is 0 Å². The molecule has 1 unspecified atom stereocenters. The summed E-state index contributed by atoms with van der Waals surface area (Å²) < 4.78 is 0. The van der Waals surface area contributed by atoms with Crippen LogP contribution in [0.1, 0.15) is 37.7 Å². The van der Waals surface area contributed by atoms with Gasteiger partial charge >= 0.3 is 0 Å². The van der Waals surface area contributed by atoms with Crippen molar-refractivity contribution in [3.05, 3.63) is 22.4 Å². The molecular formula is C16H24N2S. The van der Waals surface area contributed by atoms with Crippen LogP contribution in [0.4, 0.5) is 0 Å². The molecule has 1 spiro atoms. The molecule has 4 rings (SSSR count). The lowest BCUT2D eigenvalue weighted by Gasteiger charge is -2.27. The molecule has 19 heavy (non-hydrogen) atoms. The van der Waals surface area contributed by atoms with Gasteiger partial charge < -0.3 is 5.32 Å². The Labute approximate surface area is 120 Å². The summed E-state index contributed by atoms with van der Waals surface area (Å²) in [5, 5.41) is 8.05. The van der Waals surface area contributed by atoms with Crippen LogP contribution in [-0.4, -0.2) is 30.6 Å². The number of hydrogen-bond acceptors (Lipinski definition) is 3. The summed E-state index contributed by atoms with van der Waals surface area (Å²) in [5.74, 6) is 0.994. The minimum Gasteiger partial charge on any atom is -0.317 e. The van der Waals surface area contributed by atoms with Crippen LogP contribution < -0.4 is 5.32 Å². The summed E-state index contributed by atoms with van der Waals surface area (Å²) >= 11 is 1.83. The average molecular weight is 276 g/mol. The monoisotopic (exact) mass is 276 g/mol. The molecule has 2 nitrogen and oxygen atoms in total. The molecule has 3 heteroatoms. The van der Waals surface area contributed by atoms with E-state index in [1.165, 1.54) is 63.8 Å². The van der Waals surface area contributed by atoms with E-state index in [0.29, 0.717) is 0 Å². The van der Waals surface area contributed by atoms with Gasteiger partial charge in [0.25, 0.3) is 0 Å². The maximum atomic E-state index is 3.51. The predicted octanol–water partition coefficient (Wildman–Crippen LogP) is 3.10. The van der Waals surface area contributed by atoms with E-state index in [2.05, 4.69) is 27.0 Å². The van der Waals surface area contributed by atoms with E-state index in [0.717, 1.165) is 17.4 Å². The molecule has 1 N–H and O–H groups in total. The SMILES string of the molecule is c1cc(CN(CC2CC23CCNCC3)C2CC2)cs1. The second-order valence-electron chi connectivity index (χ2n) is 6.81. The third kappa shape index (κ3) is 2.61. The zero-order valence-corrected chi connectivity index (χ0v) is 12.4. The second kappa shape index (κ2) is 4.87. The highest BCUT2D eigenvalue weighted by Crippen LogP contribution is 2.59. The smallest absolute Gasteiger partial charge is 0.0245 e. The lowest BCUT2D eigenvalue weighted by molar-refractivity contribution is 0.214. The molecule has 1 aliphatic heterocycles. The molecule has 0 radical (unpaired) electrons. The third-order valence-corrected chi connectivity index (χ3v) is 6.17. The van der Waals surface area contributed by atoms with Crippen molar-refractivity contribution in [2.75, 3.05) is 19.6 Å². The molecule has 1 atom stereocenters. The Kier molecular flexibility index (Phi) is 3.17. The minimum absolute atomic E-state index is 0.743. The maximum absolute atomic E-state index is 3.51. The van der Waals surface area contributed by atoms with Crippen molar-refractivity contribution in [1.29, 1.82) is 0 Å². The quantitative estimate of drug-likeness (QED) is 0.889. The maximum Gasteiger partial charge on any atom is 0.0245 e. The van der Waals surface area contributed by atoms with Crippen molar-refractivity contribution in [2.45, 2.75) is 44.7 Å². The normalized spacial score (nSPS) is 29.0. The van der Waals surface area contributed by atoms with Gasteiger partial charge in [-0.15, -0.1) is 0 Å². The highest BCUT2D eigenvalue weighted by molar-refractivity contribution is 7.07. The topological polar surface area (TPSA) is 15.3 Å². The Morgan fingerprint density at radius 3 is 2.84 bits per heavy atom. The molecule has 0 amide bonds. The number of thiophene rings is 1. The van der Waals surface area contributed by atoms with Crippen molar-refractivity contribution in [3.8, 4) is 0 Å². The first-order valence-corrected chi connectivity index (χ1v) is 8.76. The fourth-order valence-corrected chi connectivity index (χ4v) is 4.57. The molecule has 3 aliphatic rings. The summed E-state index contributed by atoms with van der Waals surface area (Å²) in [7, 11) is 0. The summed E-state index contributed by atoms with van der Waals surface area (Å²) in [6.07, 6.45) is 7.22. The summed E-state index contributed by atoms with van der Waals surface area (Å²) in [4.78, 5) is 2.78. The molecule has 3 fully saturated rings. The van der Waals surface area contributed by atoms with Crippen molar-refractivity contribution in [3.63, 3.8) is 0 Å². The first-order chi connectivity index (χ1) is 9.36. The van der Waals surface area contributed by atoms with E-state index in [4.69, 9.17) is 0 Å². The Morgan fingerprint density at radius 1 is 1.32 bits per heavy atom. The second-order valence-corrected chi connectivity index (χ2v) is 7.59. The van der Waals surface area contributed by atoms with Crippen LogP contribution in [0.5, 0.6) is 0 Å². The van der Waals surface area contributed by atoms with E-state index in [1.807, 2.05) is 11.3 Å². The van der Waals surface area contributed by atoms with Crippen molar-refractivity contribution >= 4 is 11.3 Å². The fraction of sp³-hybridized carbons (Fsp3) is 0.750. The molecule has 0 aromatic carbocycles. The lowest BCUT2D eigenvalue weighted by atomic mass is 9.92. The van der Waals surface area contributed by atoms with E-state index < -0.39 is 0 Å². The van der Waals surface area contributed by atoms with E-state index in [9.17, 15) is 0 Å². The molecule has 0 bridgehead atoms. The number of rotatable bonds is 5. The van der Waals surface area contributed by atoms with Crippen LogP contribution in [0.3, 0.4) is 0 Å². The Morgan fingerprint density at radius 2 is 2.16 bits per heavy atom. The highest BCUT2D eigenvalue weighted by atomic mass is 32.1. The van der Waals surface area contributed by atoms with Gasteiger partial charge in [-0.3, -0.25) is 4.90 Å². The van der Waals surface area contributed by atoms with Crippen LogP contribution in [0, 0.1) is 11.3 Å². The predicted molar refractivity (Wildman–Crippen MR) is 80.4 cm³/mol. The Bertz CT molecular complexity index is 418. The van der Waals surface area contributed by atoms with E-state index >= 15 is 0 Å². The molecular weight excluding hydrogens is 252 g/mol. The first-order valence-electron chi connectivity index (χ1n) is 7.82. The first kappa shape index (κ1) is 12.4. The van der Waals surface area contributed by atoms with Crippen LogP contribution in [0.15, 0.2) is 16.8 Å². The highest BCUT2D eigenvalue weighted by Gasteiger charge is 2.54. The standard InChI is InChI=1S/C16H24N2S/c1-2-15(1)18(10-13-3-8-19-12-13)11-14-9-16(14)4-6-17-7-5-16/h3,8,12,14-15,17H,1-2,4-7,9-11H2. The summed E-state index contributed by atoms with van der Waals surface area (Å²) in [6.45, 7) is 5.06. The zero-order chi connectivity index (χ0) is 12.7. The van der Waals surface area contributed by atoms with Gasteiger partial charge in [0.15, 0.2) is 0 Å². The zero-order valence-electron chi connectivity index (χ0n) is 11.6. The molecule has 2 heterocycles. The molecule has 1 saturated heterocycles. The number of piperidine rings is 1. The van der Waals surface area contributed by atoms with Crippen LogP contribution in [-0.2, 0) is 6.54 Å². The number of nitrogens with one attached hydrogen (secondary N) is 1. The van der Waals surface area contributed by atoms with Gasteiger partial charge in [0.2, 0.25) is 0 Å². The van der Waals surface area contributed by atoms with E-state index in [-0.39, 0.29) is 0 Å². The number of hydrogen-bond donors (Lipinski definition) is 1. The summed E-state index contributed by atoms with van der Waals surface area (Å²) in [6, 6.07) is 3.20. The van der Waals surface area contributed by atoms with Gasteiger partial charge in [0.05, 0.1) is 0 Å². The van der Waals surface area contributed by atoms with Gasteiger partial charge in [0.1, 0.15) is 0 Å². The van der Waals surface area contributed by atoms with Gasteiger partial charge in [-0.05, 0) is 78.9 Å². The fourth-order valence-electron chi connectivity index (χ4n) is 3.91. The summed E-state index contributed by atoms with van der Waals surface area (Å²) in [5.41, 5.74) is 2.27. The van der Waals surface area contributed by atoms with Gasteiger partial charge in [-0.1, -0.05) is 0 Å². The van der Waals surface area contributed by atoms with Crippen LogP contribution in [0.25, 0.3) is 0 Å². The third-order valence-electron chi connectivity index (χ3n) is 5.44. The lowest BCUT2D eigenvalue weighted by Crippen LogP contribution is -2.33. The molecule has 2 saturated carbocycles. The molecule has 1 aromatic heterocycles. The number of nitrogens with zero attached hydrogens (tertiary/aromatic N) is 1. The van der Waals surface area contributed by atoms with Gasteiger partial charge in [0, 0.05) is 19.1 Å². The van der Waals surface area contributed by atoms with E-state index in [1.54, 1.807) is 0 Å². The Hall–Kier alpha value is -0.380. The minimum atomic E-state index is 0.743. The molecule has 104 valence electrons. The van der Waals surface area contributed by atoms with Crippen LogP contribution >= 0.6 is 11.3 Å². The average Bonchev–Trinajstić information content (AvgIpc) is 3.32. The molecule has 1 aromatic rings. The van der Waals surface area contributed by atoms with Crippen molar-refractivity contribution in [1.82, 2.24) is 10.2 Å². The largest absolute Gasteiger partial charge is 0.317 e. The van der Waals surface area contributed by atoms with Gasteiger partial charge in [-0.25, -0.2) is 0 Å². The Balaban J connectivity index is 1.37. The van der Waals surface area contributed by atoms with Crippen molar-refractivity contribution in [2.24, 2.45) is 11.3 Å².